The van der Waals surface area contributed by atoms with E-state index < -0.39 is 30.2 Å². The van der Waals surface area contributed by atoms with Crippen LogP contribution in [0.1, 0.15) is 71.9 Å². The van der Waals surface area contributed by atoms with Crippen LogP contribution < -0.4 is 10.6 Å². The van der Waals surface area contributed by atoms with Crippen molar-refractivity contribution in [3.8, 4) is 0 Å². The van der Waals surface area contributed by atoms with Gasteiger partial charge in [-0.15, -0.1) is 0 Å². The fraction of sp³-hybridized carbons (Fsp3) is 0.516. The van der Waals surface area contributed by atoms with Crippen LogP contribution in [-0.4, -0.2) is 83.9 Å². The van der Waals surface area contributed by atoms with Gasteiger partial charge in [0.15, 0.2) is 0 Å². The molecule has 0 aliphatic rings. The summed E-state index contributed by atoms with van der Waals surface area (Å²) in [7, 11) is 1.51. The molecule has 0 bridgehead atoms. The van der Waals surface area contributed by atoms with Gasteiger partial charge in [-0.2, -0.15) is 0 Å². The lowest BCUT2D eigenvalue weighted by molar-refractivity contribution is -0.121. The Hall–Kier alpha value is -3.27. The molecule has 2 aromatic carbocycles. The number of hydrogen-bond acceptors (Lipinski definition) is 6. The smallest absolute Gasteiger partial charge is 0.253 e. The Balaban J connectivity index is 2.36. The van der Waals surface area contributed by atoms with E-state index in [0.717, 1.165) is 24.0 Å². The summed E-state index contributed by atoms with van der Waals surface area (Å²) in [6.07, 6.45) is -0.616. The Morgan fingerprint density at radius 1 is 0.900 bits per heavy atom. The van der Waals surface area contributed by atoms with Gasteiger partial charge in [0.2, 0.25) is 5.91 Å². The van der Waals surface area contributed by atoms with Crippen LogP contribution in [0.5, 0.6) is 0 Å². The van der Waals surface area contributed by atoms with Crippen LogP contribution in [-0.2, 0) is 16.0 Å². The van der Waals surface area contributed by atoms with Crippen molar-refractivity contribution in [2.24, 2.45) is 0 Å². The van der Waals surface area contributed by atoms with E-state index in [4.69, 9.17) is 4.74 Å². The number of rotatable bonds is 16. The molecule has 0 spiro atoms. The van der Waals surface area contributed by atoms with E-state index in [1.54, 1.807) is 23.1 Å². The lowest BCUT2D eigenvalue weighted by Crippen LogP contribution is -2.56. The molecule has 2 rings (SSSR count). The lowest BCUT2D eigenvalue weighted by Gasteiger charge is -2.33. The highest BCUT2D eigenvalue weighted by Gasteiger charge is 2.34. The SMILES string of the molecule is CCCN(CCC)C(=O)c1cc(C)cc(C(=O)NC(Cc2ccccc2)C(O)C(O)C(CCOC)NC(C)=O)c1. The third kappa shape index (κ3) is 10.0. The molecular formula is C31H45N3O6. The molecule has 2 aromatic rings. The second kappa shape index (κ2) is 16.7. The van der Waals surface area contributed by atoms with Crippen molar-refractivity contribution in [1.29, 1.82) is 0 Å². The number of amides is 3. The van der Waals surface area contributed by atoms with E-state index in [2.05, 4.69) is 10.6 Å². The van der Waals surface area contributed by atoms with Gasteiger partial charge in [0.05, 0.1) is 12.1 Å². The maximum atomic E-state index is 13.5. The van der Waals surface area contributed by atoms with Gasteiger partial charge in [-0.25, -0.2) is 0 Å². The molecule has 9 nitrogen and oxygen atoms in total. The number of nitrogens with zero attached hydrogens (tertiary/aromatic N) is 1. The van der Waals surface area contributed by atoms with Crippen molar-refractivity contribution in [3.05, 3.63) is 70.8 Å². The maximum absolute atomic E-state index is 13.5. The number of benzene rings is 2. The fourth-order valence-corrected chi connectivity index (χ4v) is 4.76. The summed E-state index contributed by atoms with van der Waals surface area (Å²) in [5.74, 6) is -0.961. The average molecular weight is 556 g/mol. The second-order valence-corrected chi connectivity index (χ2v) is 10.2. The maximum Gasteiger partial charge on any atom is 0.253 e. The first-order valence-corrected chi connectivity index (χ1v) is 14.0. The van der Waals surface area contributed by atoms with Crippen molar-refractivity contribution in [2.45, 2.75) is 77.7 Å². The van der Waals surface area contributed by atoms with Gasteiger partial charge in [0.25, 0.3) is 11.8 Å². The summed E-state index contributed by atoms with van der Waals surface area (Å²) in [5, 5.41) is 27.9. The summed E-state index contributed by atoms with van der Waals surface area (Å²) >= 11 is 0. The molecule has 0 saturated carbocycles. The van der Waals surface area contributed by atoms with E-state index in [1.807, 2.05) is 51.1 Å². The Bertz CT molecular complexity index is 1090. The number of ether oxygens (including phenoxy) is 1. The summed E-state index contributed by atoms with van der Waals surface area (Å²) in [6.45, 7) is 8.71. The zero-order valence-electron chi connectivity index (χ0n) is 24.4. The molecule has 220 valence electrons. The summed E-state index contributed by atoms with van der Waals surface area (Å²) < 4.78 is 5.11. The Morgan fingerprint density at radius 3 is 2.08 bits per heavy atom. The van der Waals surface area contributed by atoms with E-state index in [1.165, 1.54) is 14.0 Å². The predicted molar refractivity (Wildman–Crippen MR) is 155 cm³/mol. The normalized spacial score (nSPS) is 14.1. The van der Waals surface area contributed by atoms with E-state index in [9.17, 15) is 24.6 Å². The van der Waals surface area contributed by atoms with Crippen LogP contribution >= 0.6 is 0 Å². The zero-order chi connectivity index (χ0) is 29.7. The molecular weight excluding hydrogens is 510 g/mol. The molecule has 4 unspecified atom stereocenters. The Morgan fingerprint density at radius 2 is 1.50 bits per heavy atom. The minimum atomic E-state index is -1.41. The van der Waals surface area contributed by atoms with Crippen molar-refractivity contribution in [3.63, 3.8) is 0 Å². The van der Waals surface area contributed by atoms with Crippen LogP contribution in [0.15, 0.2) is 48.5 Å². The molecule has 0 aliphatic heterocycles. The summed E-state index contributed by atoms with van der Waals surface area (Å²) in [4.78, 5) is 40.3. The van der Waals surface area contributed by atoms with Gasteiger partial charge in [-0.05, 0) is 61.9 Å². The van der Waals surface area contributed by atoms with Gasteiger partial charge in [-0.1, -0.05) is 44.2 Å². The number of aliphatic hydroxyl groups is 2. The van der Waals surface area contributed by atoms with Crippen molar-refractivity contribution >= 4 is 17.7 Å². The number of carbonyl (C=O) groups is 3. The molecule has 0 heterocycles. The molecule has 0 aliphatic carbocycles. The van der Waals surface area contributed by atoms with Gasteiger partial charge in [0.1, 0.15) is 12.2 Å². The second-order valence-electron chi connectivity index (χ2n) is 10.2. The number of aryl methyl sites for hydroxylation is 1. The number of nitrogens with one attached hydrogen (secondary N) is 2. The van der Waals surface area contributed by atoms with E-state index >= 15 is 0 Å². The molecule has 3 amide bonds. The first-order valence-electron chi connectivity index (χ1n) is 14.0. The quantitative estimate of drug-likeness (QED) is 0.252. The average Bonchev–Trinajstić information content (AvgIpc) is 2.93. The zero-order valence-corrected chi connectivity index (χ0v) is 24.4. The molecule has 0 saturated heterocycles. The van der Waals surface area contributed by atoms with Gasteiger partial charge >= 0.3 is 0 Å². The molecule has 0 aromatic heterocycles. The number of methoxy groups -OCH3 is 1. The first-order chi connectivity index (χ1) is 19.1. The van der Waals surface area contributed by atoms with Crippen molar-refractivity contribution < 1.29 is 29.3 Å². The Labute approximate surface area is 237 Å². The van der Waals surface area contributed by atoms with Crippen LogP contribution in [0.3, 0.4) is 0 Å². The summed E-state index contributed by atoms with van der Waals surface area (Å²) in [6, 6.07) is 12.7. The molecule has 40 heavy (non-hydrogen) atoms. The minimum Gasteiger partial charge on any atom is -0.388 e. The number of aliphatic hydroxyl groups excluding tert-OH is 2. The highest BCUT2D eigenvalue weighted by Crippen LogP contribution is 2.17. The molecule has 0 fully saturated rings. The highest BCUT2D eigenvalue weighted by molar-refractivity contribution is 6.00. The van der Waals surface area contributed by atoms with Gasteiger partial charge in [-0.3, -0.25) is 14.4 Å². The lowest BCUT2D eigenvalue weighted by atomic mass is 9.92. The number of hydrogen-bond donors (Lipinski definition) is 4. The van der Waals surface area contributed by atoms with Crippen molar-refractivity contribution in [2.75, 3.05) is 26.8 Å². The summed E-state index contributed by atoms with van der Waals surface area (Å²) in [5.41, 5.74) is 2.32. The van der Waals surface area contributed by atoms with Crippen LogP contribution in [0.25, 0.3) is 0 Å². The van der Waals surface area contributed by atoms with Crippen LogP contribution in [0.2, 0.25) is 0 Å². The topological polar surface area (TPSA) is 128 Å². The molecule has 4 N–H and O–H groups in total. The van der Waals surface area contributed by atoms with Gasteiger partial charge in [0, 0.05) is 44.9 Å². The standard InChI is InChI=1S/C31H45N3O6/c1-6-14-34(15-7-2)31(39)25-18-21(3)17-24(20-25)30(38)33-27(19-23-11-9-8-10-12-23)29(37)28(36)26(13-16-40-5)32-22(4)35/h8-12,17-18,20,26-29,36-37H,6-7,13-16,19H2,1-5H3,(H,32,35)(H,33,38). The molecule has 4 atom stereocenters. The molecule has 0 radical (unpaired) electrons. The van der Waals surface area contributed by atoms with E-state index in [0.29, 0.717) is 18.7 Å². The monoisotopic (exact) mass is 555 g/mol. The minimum absolute atomic E-state index is 0.131. The first kappa shape index (κ1) is 32.9. The van der Waals surface area contributed by atoms with Crippen LogP contribution in [0, 0.1) is 6.92 Å². The third-order valence-corrected chi connectivity index (χ3v) is 6.67. The predicted octanol–water partition coefficient (Wildman–Crippen LogP) is 2.86. The number of carbonyl (C=O) groups excluding carboxylic acids is 3. The highest BCUT2D eigenvalue weighted by atomic mass is 16.5. The van der Waals surface area contributed by atoms with Crippen molar-refractivity contribution in [1.82, 2.24) is 15.5 Å². The fourth-order valence-electron chi connectivity index (χ4n) is 4.76. The van der Waals surface area contributed by atoms with E-state index in [-0.39, 0.29) is 36.8 Å². The van der Waals surface area contributed by atoms with Gasteiger partial charge < -0.3 is 30.5 Å². The third-order valence-electron chi connectivity index (χ3n) is 6.67. The Kier molecular flexibility index (Phi) is 13.8. The molecule has 9 heteroatoms. The van der Waals surface area contributed by atoms with Crippen LogP contribution in [0.4, 0.5) is 0 Å². The largest absolute Gasteiger partial charge is 0.388 e.